The smallest absolute Gasteiger partial charge is 0.419 e. The maximum absolute atomic E-state index is 15.4. The number of ether oxygens (including phenoxy) is 2. The number of aromatic nitrogens is 1. The second kappa shape index (κ2) is 15.8. The molecule has 1 aliphatic rings. The number of carbonyl (C=O) groups is 4. The minimum absolute atomic E-state index is 0.0386. The van der Waals surface area contributed by atoms with Gasteiger partial charge in [-0.25, -0.2) is 18.6 Å². The van der Waals surface area contributed by atoms with E-state index < -0.39 is 59.0 Å². The first-order chi connectivity index (χ1) is 26.1. The largest absolute Gasteiger partial charge is 0.496 e. The van der Waals surface area contributed by atoms with Crippen LogP contribution < -0.4 is 20.7 Å². The van der Waals surface area contributed by atoms with Crippen LogP contribution >= 0.6 is 11.3 Å². The molecule has 11 nitrogen and oxygen atoms in total. The third kappa shape index (κ3) is 8.57. The molecule has 17 heteroatoms. The van der Waals surface area contributed by atoms with Crippen molar-refractivity contribution in [2.24, 2.45) is 5.92 Å². The number of carboxylic acids is 1. The number of hydrogen-bond donors (Lipinski definition) is 4. The van der Waals surface area contributed by atoms with Crippen LogP contribution in [0.2, 0.25) is 0 Å². The Balaban J connectivity index is 1.32. The van der Waals surface area contributed by atoms with Crippen molar-refractivity contribution < 1.29 is 55.7 Å². The SMILES string of the molecule is COc1ccc(-c2cc(C(NC(=O)C3CCOCC3)C(=O)O)ccc2F)cc1C(=O)Nc1cc2sc(C)nc2cc1C(=O)Nc1ccc(F)c(C(F)(F)F)c1. The average Bonchev–Trinajstić information content (AvgIpc) is 3.52. The van der Waals surface area contributed by atoms with Gasteiger partial charge in [-0.15, -0.1) is 11.3 Å². The number of carbonyl (C=O) groups excluding carboxylic acids is 3. The number of halogens is 5. The Hall–Kier alpha value is -5.94. The number of methoxy groups -OCH3 is 1. The lowest BCUT2D eigenvalue weighted by Crippen LogP contribution is -2.39. The molecule has 1 aliphatic heterocycles. The highest BCUT2D eigenvalue weighted by molar-refractivity contribution is 7.18. The molecule has 0 spiro atoms. The predicted octanol–water partition coefficient (Wildman–Crippen LogP) is 7.75. The number of thiazole rings is 1. The molecule has 286 valence electrons. The van der Waals surface area contributed by atoms with Gasteiger partial charge in [0, 0.05) is 30.4 Å². The highest BCUT2D eigenvalue weighted by atomic mass is 32.1. The summed E-state index contributed by atoms with van der Waals surface area (Å²) in [6, 6.07) is 10.9. The highest BCUT2D eigenvalue weighted by Crippen LogP contribution is 2.35. The number of fused-ring (bicyclic) bond motifs is 1. The fourth-order valence-electron chi connectivity index (χ4n) is 6.09. The Morgan fingerprint density at radius 2 is 1.62 bits per heavy atom. The number of nitrogens with zero attached hydrogens (tertiary/aromatic N) is 1. The first-order valence-electron chi connectivity index (χ1n) is 16.6. The summed E-state index contributed by atoms with van der Waals surface area (Å²) in [5.41, 5.74) is -1.88. The van der Waals surface area contributed by atoms with E-state index in [1.165, 1.54) is 60.9 Å². The zero-order chi connectivity index (χ0) is 39.6. The van der Waals surface area contributed by atoms with Gasteiger partial charge in [0.25, 0.3) is 11.8 Å². The minimum Gasteiger partial charge on any atom is -0.496 e. The van der Waals surface area contributed by atoms with Crippen LogP contribution in [0.3, 0.4) is 0 Å². The van der Waals surface area contributed by atoms with E-state index >= 15 is 4.39 Å². The standard InChI is InChI=1S/C38H31F5N4O7S/c1-18-44-30-16-24(35(49)45-22-5-7-28(40)26(15-22)38(41,42)43)29(17-32(30)55-18)46-36(50)25-13-20(4-8-31(25)53-2)23-14-21(3-6-27(23)39)33(37(51)52)47-34(48)19-9-11-54-12-10-19/h3-8,13-17,19,33H,9-12H2,1-2H3,(H,45,49)(H,46,50)(H,47,48)(H,51,52). The van der Waals surface area contributed by atoms with Crippen molar-refractivity contribution in [3.63, 3.8) is 0 Å². The number of rotatable bonds is 10. The summed E-state index contributed by atoms with van der Waals surface area (Å²) in [6.45, 7) is 2.43. The van der Waals surface area contributed by atoms with Gasteiger partial charge >= 0.3 is 12.1 Å². The van der Waals surface area contributed by atoms with E-state index in [-0.39, 0.29) is 44.9 Å². The van der Waals surface area contributed by atoms with Crippen LogP contribution in [-0.2, 0) is 20.5 Å². The topological polar surface area (TPSA) is 156 Å². The number of amides is 3. The predicted molar refractivity (Wildman–Crippen MR) is 192 cm³/mol. The van der Waals surface area contributed by atoms with E-state index in [1.54, 1.807) is 6.92 Å². The summed E-state index contributed by atoms with van der Waals surface area (Å²) < 4.78 is 80.7. The Kier molecular flexibility index (Phi) is 11.1. The number of alkyl halides is 3. The van der Waals surface area contributed by atoms with Crippen molar-refractivity contribution in [3.05, 3.63) is 106 Å². The van der Waals surface area contributed by atoms with Crippen LogP contribution in [0.5, 0.6) is 5.75 Å². The number of anilines is 2. The van der Waals surface area contributed by atoms with E-state index in [0.29, 0.717) is 53.4 Å². The van der Waals surface area contributed by atoms with Crippen molar-refractivity contribution >= 4 is 56.6 Å². The summed E-state index contributed by atoms with van der Waals surface area (Å²) in [5.74, 6) is -6.33. The maximum atomic E-state index is 15.4. The zero-order valence-corrected chi connectivity index (χ0v) is 29.8. The monoisotopic (exact) mass is 782 g/mol. The van der Waals surface area contributed by atoms with Gasteiger partial charge in [-0.2, -0.15) is 13.2 Å². The Bertz CT molecular complexity index is 2320. The summed E-state index contributed by atoms with van der Waals surface area (Å²) >= 11 is 1.25. The molecule has 4 aromatic carbocycles. The molecule has 1 saturated heterocycles. The van der Waals surface area contributed by atoms with Gasteiger partial charge in [-0.1, -0.05) is 12.1 Å². The fourth-order valence-corrected chi connectivity index (χ4v) is 6.94. The van der Waals surface area contributed by atoms with Crippen LogP contribution in [0.4, 0.5) is 33.3 Å². The molecule has 0 saturated carbocycles. The van der Waals surface area contributed by atoms with E-state index in [2.05, 4.69) is 20.9 Å². The molecule has 0 aliphatic carbocycles. The van der Waals surface area contributed by atoms with Crippen molar-refractivity contribution in [1.82, 2.24) is 10.3 Å². The molecule has 55 heavy (non-hydrogen) atoms. The number of aliphatic carboxylic acids is 1. The van der Waals surface area contributed by atoms with Crippen LogP contribution in [0.25, 0.3) is 21.3 Å². The number of hydrogen-bond acceptors (Lipinski definition) is 8. The first kappa shape index (κ1) is 38.8. The lowest BCUT2D eigenvalue weighted by Gasteiger charge is -2.24. The molecule has 5 aromatic rings. The Morgan fingerprint density at radius 3 is 2.31 bits per heavy atom. The van der Waals surface area contributed by atoms with Gasteiger partial charge in [0.15, 0.2) is 6.04 Å². The molecule has 1 aromatic heterocycles. The molecular formula is C38H31F5N4O7S. The van der Waals surface area contributed by atoms with Crippen LogP contribution in [-0.4, -0.2) is 54.1 Å². The molecule has 1 fully saturated rings. The highest BCUT2D eigenvalue weighted by Gasteiger charge is 2.34. The van der Waals surface area contributed by atoms with Crippen molar-refractivity contribution in [1.29, 1.82) is 0 Å². The number of nitrogens with one attached hydrogen (secondary N) is 3. The first-order valence-corrected chi connectivity index (χ1v) is 17.4. The molecule has 6 rings (SSSR count). The van der Waals surface area contributed by atoms with Gasteiger partial charge in [0.05, 0.1) is 44.7 Å². The van der Waals surface area contributed by atoms with Crippen LogP contribution in [0, 0.1) is 24.5 Å². The minimum atomic E-state index is -5.03. The zero-order valence-electron chi connectivity index (χ0n) is 29.0. The average molecular weight is 783 g/mol. The molecule has 0 bridgehead atoms. The maximum Gasteiger partial charge on any atom is 0.419 e. The van der Waals surface area contributed by atoms with Crippen molar-refractivity contribution in [3.8, 4) is 16.9 Å². The number of aryl methyl sites for hydroxylation is 1. The molecule has 2 heterocycles. The van der Waals surface area contributed by atoms with Gasteiger partial charge < -0.3 is 30.5 Å². The summed E-state index contributed by atoms with van der Waals surface area (Å²) in [7, 11) is 1.29. The third-order valence-electron chi connectivity index (χ3n) is 8.86. The third-order valence-corrected chi connectivity index (χ3v) is 9.80. The second-order valence-electron chi connectivity index (χ2n) is 12.5. The molecule has 3 amide bonds. The van der Waals surface area contributed by atoms with Gasteiger partial charge in [-0.3, -0.25) is 14.4 Å². The Morgan fingerprint density at radius 1 is 0.909 bits per heavy atom. The van der Waals surface area contributed by atoms with E-state index in [4.69, 9.17) is 9.47 Å². The summed E-state index contributed by atoms with van der Waals surface area (Å²) in [5, 5.41) is 18.1. The normalized spacial score (nSPS) is 13.9. The van der Waals surface area contributed by atoms with Crippen LogP contribution in [0.15, 0.2) is 66.7 Å². The quantitative estimate of drug-likeness (QED) is 0.105. The van der Waals surface area contributed by atoms with E-state index in [1.807, 2.05) is 0 Å². The van der Waals surface area contributed by atoms with Gasteiger partial charge in [0.1, 0.15) is 17.4 Å². The lowest BCUT2D eigenvalue weighted by molar-refractivity contribution is -0.143. The lowest BCUT2D eigenvalue weighted by atomic mass is 9.95. The van der Waals surface area contributed by atoms with Gasteiger partial charge in [0.2, 0.25) is 5.91 Å². The van der Waals surface area contributed by atoms with E-state index in [9.17, 15) is 41.8 Å². The number of carboxylic acid groups (broad SMARTS) is 1. The molecular weight excluding hydrogens is 751 g/mol. The fraction of sp³-hybridized carbons (Fsp3) is 0.237. The summed E-state index contributed by atoms with van der Waals surface area (Å²) in [6.07, 6.45) is -4.19. The molecule has 4 N–H and O–H groups in total. The molecule has 1 unspecified atom stereocenters. The van der Waals surface area contributed by atoms with Crippen molar-refractivity contribution in [2.45, 2.75) is 32.0 Å². The Labute approximate surface area is 313 Å². The number of benzene rings is 4. The second-order valence-corrected chi connectivity index (χ2v) is 13.8. The van der Waals surface area contributed by atoms with Crippen LogP contribution in [0.1, 0.15) is 55.7 Å². The van der Waals surface area contributed by atoms with Crippen molar-refractivity contribution in [2.75, 3.05) is 31.0 Å². The van der Waals surface area contributed by atoms with E-state index in [0.717, 1.165) is 12.1 Å². The summed E-state index contributed by atoms with van der Waals surface area (Å²) in [4.78, 5) is 57.0. The van der Waals surface area contributed by atoms with Gasteiger partial charge in [-0.05, 0) is 85.5 Å². The molecule has 1 atom stereocenters. The molecule has 0 radical (unpaired) electrons.